The SMILES string of the molecule is Cc1oc(C(=O)O)cc1S(=O)(=O)N1CCCC1C1CCCC1. The topological polar surface area (TPSA) is 87.8 Å². The van der Waals surface area contributed by atoms with Crippen molar-refractivity contribution in [2.75, 3.05) is 6.54 Å². The van der Waals surface area contributed by atoms with Crippen LogP contribution in [0.1, 0.15) is 54.8 Å². The monoisotopic (exact) mass is 327 g/mol. The molecule has 7 heteroatoms. The molecule has 1 aromatic heterocycles. The summed E-state index contributed by atoms with van der Waals surface area (Å²) in [6.45, 7) is 2.01. The molecule has 1 saturated heterocycles. The van der Waals surface area contributed by atoms with Crippen molar-refractivity contribution < 1.29 is 22.7 Å². The van der Waals surface area contributed by atoms with Crippen molar-refractivity contribution in [3.63, 3.8) is 0 Å². The predicted molar refractivity (Wildman–Crippen MR) is 79.3 cm³/mol. The first-order chi connectivity index (χ1) is 10.4. The van der Waals surface area contributed by atoms with Crippen LogP contribution in [0.5, 0.6) is 0 Å². The van der Waals surface area contributed by atoms with Crippen LogP contribution in [0.4, 0.5) is 0 Å². The molecule has 1 aromatic rings. The lowest BCUT2D eigenvalue weighted by Gasteiger charge is -2.28. The van der Waals surface area contributed by atoms with Gasteiger partial charge in [0.15, 0.2) is 0 Å². The molecule has 2 heterocycles. The largest absolute Gasteiger partial charge is 0.475 e. The Kier molecular flexibility index (Phi) is 4.03. The molecule has 22 heavy (non-hydrogen) atoms. The van der Waals surface area contributed by atoms with Crippen LogP contribution in [0.15, 0.2) is 15.4 Å². The lowest BCUT2D eigenvalue weighted by molar-refractivity contribution is 0.0661. The number of carboxylic acids is 1. The first-order valence-corrected chi connectivity index (χ1v) is 9.21. The van der Waals surface area contributed by atoms with Gasteiger partial charge in [-0.2, -0.15) is 4.31 Å². The number of aryl methyl sites for hydroxylation is 1. The Morgan fingerprint density at radius 1 is 1.27 bits per heavy atom. The van der Waals surface area contributed by atoms with Gasteiger partial charge in [0.1, 0.15) is 10.7 Å². The van der Waals surface area contributed by atoms with Crippen molar-refractivity contribution in [3.05, 3.63) is 17.6 Å². The summed E-state index contributed by atoms with van der Waals surface area (Å²) in [7, 11) is -3.69. The highest BCUT2D eigenvalue weighted by Gasteiger charge is 2.41. The zero-order valence-corrected chi connectivity index (χ0v) is 13.4. The zero-order chi connectivity index (χ0) is 15.9. The minimum absolute atomic E-state index is 0.00482. The fourth-order valence-corrected chi connectivity index (χ4v) is 5.75. The molecule has 6 nitrogen and oxygen atoms in total. The summed E-state index contributed by atoms with van der Waals surface area (Å²) in [6, 6.07) is 1.19. The Balaban J connectivity index is 1.93. The van der Waals surface area contributed by atoms with E-state index < -0.39 is 16.0 Å². The van der Waals surface area contributed by atoms with Crippen molar-refractivity contribution in [1.29, 1.82) is 0 Å². The number of carbonyl (C=O) groups is 1. The number of carboxylic acid groups (broad SMARTS) is 1. The summed E-state index contributed by atoms with van der Waals surface area (Å²) in [5, 5.41) is 8.98. The van der Waals surface area contributed by atoms with E-state index in [-0.39, 0.29) is 22.5 Å². The average molecular weight is 327 g/mol. The van der Waals surface area contributed by atoms with Gasteiger partial charge in [-0.1, -0.05) is 12.8 Å². The number of furan rings is 1. The summed E-state index contributed by atoms with van der Waals surface area (Å²) < 4.78 is 32.5. The quantitative estimate of drug-likeness (QED) is 0.918. The van der Waals surface area contributed by atoms with Gasteiger partial charge in [-0.15, -0.1) is 0 Å². The van der Waals surface area contributed by atoms with Gasteiger partial charge in [0.05, 0.1) is 0 Å². The Morgan fingerprint density at radius 2 is 1.95 bits per heavy atom. The molecule has 1 atom stereocenters. The van der Waals surface area contributed by atoms with Crippen LogP contribution in [-0.4, -0.2) is 36.4 Å². The molecular weight excluding hydrogens is 306 g/mol. The second-order valence-corrected chi connectivity index (χ2v) is 8.07. The molecule has 1 unspecified atom stereocenters. The van der Waals surface area contributed by atoms with Crippen molar-refractivity contribution in [1.82, 2.24) is 4.31 Å². The summed E-state index contributed by atoms with van der Waals surface area (Å²) >= 11 is 0. The molecule has 0 radical (unpaired) electrons. The van der Waals surface area contributed by atoms with Crippen LogP contribution in [0.25, 0.3) is 0 Å². The van der Waals surface area contributed by atoms with E-state index in [9.17, 15) is 13.2 Å². The number of sulfonamides is 1. The second-order valence-electron chi connectivity index (χ2n) is 6.21. The van der Waals surface area contributed by atoms with E-state index in [0.29, 0.717) is 12.5 Å². The summed E-state index contributed by atoms with van der Waals surface area (Å²) in [5.74, 6) is -0.996. The van der Waals surface area contributed by atoms with E-state index in [1.807, 2.05) is 0 Å². The lowest BCUT2D eigenvalue weighted by Crippen LogP contribution is -2.39. The molecule has 122 valence electrons. The molecule has 3 rings (SSSR count). The predicted octanol–water partition coefficient (Wildman–Crippen LogP) is 2.63. The van der Waals surface area contributed by atoms with Gasteiger partial charge in [-0.25, -0.2) is 13.2 Å². The zero-order valence-electron chi connectivity index (χ0n) is 12.6. The van der Waals surface area contributed by atoms with Crippen LogP contribution >= 0.6 is 0 Å². The highest BCUT2D eigenvalue weighted by Crippen LogP contribution is 2.38. The van der Waals surface area contributed by atoms with Crippen LogP contribution in [0.3, 0.4) is 0 Å². The van der Waals surface area contributed by atoms with E-state index in [2.05, 4.69) is 0 Å². The fraction of sp³-hybridized carbons (Fsp3) is 0.667. The number of nitrogens with zero attached hydrogens (tertiary/aromatic N) is 1. The highest BCUT2D eigenvalue weighted by atomic mass is 32.2. The van der Waals surface area contributed by atoms with Gasteiger partial charge in [-0.05, 0) is 38.5 Å². The van der Waals surface area contributed by atoms with E-state index in [4.69, 9.17) is 9.52 Å². The van der Waals surface area contributed by atoms with Gasteiger partial charge in [0.25, 0.3) is 0 Å². The van der Waals surface area contributed by atoms with Gasteiger partial charge in [0, 0.05) is 18.7 Å². The van der Waals surface area contributed by atoms with Gasteiger partial charge in [0.2, 0.25) is 15.8 Å². The first-order valence-electron chi connectivity index (χ1n) is 7.77. The lowest BCUT2D eigenvalue weighted by atomic mass is 9.97. The fourth-order valence-electron chi connectivity index (χ4n) is 3.83. The summed E-state index contributed by atoms with van der Waals surface area (Å²) in [6.07, 6.45) is 6.27. The van der Waals surface area contributed by atoms with E-state index in [1.165, 1.54) is 19.8 Å². The molecule has 2 aliphatic rings. The average Bonchev–Trinajstić information content (AvgIpc) is 3.18. The first kappa shape index (κ1) is 15.6. The minimum atomic E-state index is -3.69. The van der Waals surface area contributed by atoms with Gasteiger partial charge in [-0.3, -0.25) is 0 Å². The standard InChI is InChI=1S/C15H21NO5S/c1-10-14(9-13(21-10)15(17)18)22(19,20)16-8-4-7-12(16)11-5-2-3-6-11/h9,11-12H,2-8H2,1H3,(H,17,18). The van der Waals surface area contributed by atoms with Crippen molar-refractivity contribution >= 4 is 16.0 Å². The molecule has 0 bridgehead atoms. The molecular formula is C15H21NO5S. The normalized spacial score (nSPS) is 24.1. The molecule has 0 aromatic carbocycles. The molecule has 1 saturated carbocycles. The minimum Gasteiger partial charge on any atom is -0.475 e. The van der Waals surface area contributed by atoms with E-state index in [0.717, 1.165) is 31.7 Å². The number of hydrogen-bond acceptors (Lipinski definition) is 4. The van der Waals surface area contributed by atoms with Crippen LogP contribution in [0, 0.1) is 12.8 Å². The molecule has 0 spiro atoms. The van der Waals surface area contributed by atoms with Crippen LogP contribution in [-0.2, 0) is 10.0 Å². The maximum absolute atomic E-state index is 12.9. The molecule has 1 N–H and O–H groups in total. The van der Waals surface area contributed by atoms with Crippen molar-refractivity contribution in [2.45, 2.75) is 56.4 Å². The number of aromatic carboxylic acids is 1. The molecule has 1 aliphatic carbocycles. The summed E-state index contributed by atoms with van der Waals surface area (Å²) in [4.78, 5) is 11.0. The number of rotatable bonds is 4. The maximum Gasteiger partial charge on any atom is 0.371 e. The highest BCUT2D eigenvalue weighted by molar-refractivity contribution is 7.89. The maximum atomic E-state index is 12.9. The Morgan fingerprint density at radius 3 is 2.55 bits per heavy atom. The molecule has 0 amide bonds. The smallest absolute Gasteiger partial charge is 0.371 e. The Hall–Kier alpha value is -1.34. The second kappa shape index (κ2) is 5.70. The van der Waals surface area contributed by atoms with Gasteiger partial charge >= 0.3 is 5.97 Å². The Bertz CT molecular complexity index is 672. The number of hydrogen-bond donors (Lipinski definition) is 1. The van der Waals surface area contributed by atoms with Crippen molar-refractivity contribution in [3.8, 4) is 0 Å². The summed E-state index contributed by atoms with van der Waals surface area (Å²) in [5.41, 5.74) is 0. The third-order valence-corrected chi connectivity index (χ3v) is 6.89. The van der Waals surface area contributed by atoms with Crippen LogP contribution in [0.2, 0.25) is 0 Å². The van der Waals surface area contributed by atoms with E-state index in [1.54, 1.807) is 4.31 Å². The third-order valence-electron chi connectivity index (χ3n) is 4.86. The van der Waals surface area contributed by atoms with E-state index >= 15 is 0 Å². The van der Waals surface area contributed by atoms with Crippen molar-refractivity contribution in [2.24, 2.45) is 5.92 Å². The Labute approximate surface area is 130 Å². The van der Waals surface area contributed by atoms with Crippen LogP contribution < -0.4 is 0 Å². The molecule has 1 aliphatic heterocycles. The molecule has 2 fully saturated rings. The van der Waals surface area contributed by atoms with Gasteiger partial charge < -0.3 is 9.52 Å². The third kappa shape index (κ3) is 2.56.